The van der Waals surface area contributed by atoms with E-state index >= 15 is 0 Å². The van der Waals surface area contributed by atoms with Gasteiger partial charge in [-0.25, -0.2) is 0 Å². The molecule has 6 nitrogen and oxygen atoms in total. The Morgan fingerprint density at radius 1 is 1.17 bits per heavy atom. The minimum absolute atomic E-state index is 0. The minimum Gasteiger partial charge on any atom is -0.349 e. The summed E-state index contributed by atoms with van der Waals surface area (Å²) in [7, 11) is 0. The number of hydrogen-bond acceptors (Lipinski definition) is 4. The molecule has 2 aromatic rings. The van der Waals surface area contributed by atoms with Gasteiger partial charge >= 0.3 is 6.18 Å². The van der Waals surface area contributed by atoms with Gasteiger partial charge in [0.1, 0.15) is 0 Å². The summed E-state index contributed by atoms with van der Waals surface area (Å²) in [6, 6.07) is 2.42. The number of pyridine rings is 1. The maximum Gasteiger partial charge on any atom is 0.417 e. The van der Waals surface area contributed by atoms with E-state index in [0.29, 0.717) is 17.5 Å². The van der Waals surface area contributed by atoms with Gasteiger partial charge in [0.05, 0.1) is 12.1 Å². The van der Waals surface area contributed by atoms with Crippen molar-refractivity contribution in [2.24, 2.45) is 23.5 Å². The summed E-state index contributed by atoms with van der Waals surface area (Å²) in [5.41, 5.74) is 5.79. The Bertz CT molecular complexity index is 846. The van der Waals surface area contributed by atoms with Gasteiger partial charge in [0.2, 0.25) is 5.91 Å². The van der Waals surface area contributed by atoms with Crippen LogP contribution in [0.3, 0.4) is 0 Å². The van der Waals surface area contributed by atoms with E-state index < -0.39 is 11.7 Å². The van der Waals surface area contributed by atoms with Crippen LogP contribution in [0.4, 0.5) is 13.2 Å². The Balaban J connectivity index is 0.00000150. The van der Waals surface area contributed by atoms with E-state index in [-0.39, 0.29) is 55.1 Å². The van der Waals surface area contributed by atoms with Crippen molar-refractivity contribution < 1.29 is 18.0 Å². The molecular formula is C18H24Cl2F3N5O. The Morgan fingerprint density at radius 2 is 1.83 bits per heavy atom. The number of hydrogen-bond donors (Lipinski definition) is 2. The monoisotopic (exact) mass is 453 g/mol. The second-order valence-electron chi connectivity index (χ2n) is 7.67. The van der Waals surface area contributed by atoms with Crippen molar-refractivity contribution in [1.82, 2.24) is 19.9 Å². The van der Waals surface area contributed by atoms with Gasteiger partial charge in [0, 0.05) is 18.2 Å². The molecule has 162 valence electrons. The van der Waals surface area contributed by atoms with Crippen LogP contribution in [0.1, 0.15) is 43.5 Å². The van der Waals surface area contributed by atoms with Crippen molar-refractivity contribution in [3.05, 3.63) is 29.7 Å². The van der Waals surface area contributed by atoms with Crippen molar-refractivity contribution in [3.63, 3.8) is 0 Å². The van der Waals surface area contributed by atoms with Gasteiger partial charge in [-0.1, -0.05) is 6.42 Å². The van der Waals surface area contributed by atoms with Crippen molar-refractivity contribution in [2.75, 3.05) is 0 Å². The van der Waals surface area contributed by atoms with E-state index in [4.69, 9.17) is 5.73 Å². The first-order valence-electron chi connectivity index (χ1n) is 9.27. The van der Waals surface area contributed by atoms with Gasteiger partial charge in [-0.3, -0.25) is 9.20 Å². The number of halogens is 5. The van der Waals surface area contributed by atoms with Gasteiger partial charge in [-0.2, -0.15) is 13.2 Å². The molecule has 2 heterocycles. The van der Waals surface area contributed by atoms with E-state index in [2.05, 4.69) is 15.5 Å². The van der Waals surface area contributed by atoms with Crippen LogP contribution in [0.5, 0.6) is 0 Å². The highest BCUT2D eigenvalue weighted by Crippen LogP contribution is 2.41. The standard InChI is InChI=1S/C18H22F3N5O.2ClH/c19-18(20,21)13-4-5-14-24-25-15(26(14)9-13)8-23-17(27)12-6-10-2-1-3-11(7-12)16(10)22;;/h4-5,9-12,16H,1-3,6-8,22H2,(H,23,27);2*1H. The summed E-state index contributed by atoms with van der Waals surface area (Å²) in [4.78, 5) is 12.6. The number of nitrogens with one attached hydrogen (secondary N) is 1. The van der Waals surface area contributed by atoms with Crippen LogP contribution in [0.25, 0.3) is 5.65 Å². The van der Waals surface area contributed by atoms with Gasteiger partial charge in [0.15, 0.2) is 11.5 Å². The number of fused-ring (bicyclic) bond motifs is 3. The normalized spacial score (nSPS) is 26.3. The number of nitrogens with two attached hydrogens (primary N) is 1. The predicted octanol–water partition coefficient (Wildman–Crippen LogP) is 3.36. The molecule has 2 saturated carbocycles. The van der Waals surface area contributed by atoms with E-state index in [1.807, 2.05) is 0 Å². The molecular weight excluding hydrogens is 430 g/mol. The fourth-order valence-corrected chi connectivity index (χ4v) is 4.54. The fraction of sp³-hybridized carbons (Fsp3) is 0.611. The highest BCUT2D eigenvalue weighted by atomic mass is 35.5. The van der Waals surface area contributed by atoms with Gasteiger partial charge in [0.25, 0.3) is 0 Å². The molecule has 0 aromatic carbocycles. The first kappa shape index (κ1) is 23.7. The third-order valence-electron chi connectivity index (χ3n) is 6.00. The maximum atomic E-state index is 12.9. The van der Waals surface area contributed by atoms with Crippen LogP contribution in [-0.4, -0.2) is 26.5 Å². The lowest BCUT2D eigenvalue weighted by molar-refractivity contribution is -0.138. The molecule has 2 unspecified atom stereocenters. The number of alkyl halides is 3. The summed E-state index contributed by atoms with van der Waals surface area (Å²) in [6.45, 7) is 0.0409. The largest absolute Gasteiger partial charge is 0.417 e. The Hall–Kier alpha value is -1.58. The number of carbonyl (C=O) groups excluding carboxylic acids is 1. The van der Waals surface area contributed by atoms with Crippen LogP contribution in [0.15, 0.2) is 18.3 Å². The molecule has 0 radical (unpaired) electrons. The minimum atomic E-state index is -4.45. The first-order chi connectivity index (χ1) is 12.8. The Labute approximate surface area is 178 Å². The third-order valence-corrected chi connectivity index (χ3v) is 6.00. The second-order valence-corrected chi connectivity index (χ2v) is 7.67. The summed E-state index contributed by atoms with van der Waals surface area (Å²) in [5.74, 6) is 0.873. The molecule has 0 saturated heterocycles. The highest BCUT2D eigenvalue weighted by Gasteiger charge is 2.40. The molecule has 0 aliphatic heterocycles. The summed E-state index contributed by atoms with van der Waals surface area (Å²) >= 11 is 0. The zero-order valence-electron chi connectivity index (χ0n) is 15.6. The number of rotatable bonds is 3. The van der Waals surface area contributed by atoms with Crippen LogP contribution in [0, 0.1) is 17.8 Å². The molecule has 2 aliphatic rings. The first-order valence-corrected chi connectivity index (χ1v) is 9.27. The zero-order valence-corrected chi connectivity index (χ0v) is 17.2. The molecule has 2 aromatic heterocycles. The van der Waals surface area contributed by atoms with Gasteiger partial charge < -0.3 is 11.1 Å². The Kier molecular flexibility index (Phi) is 7.40. The summed E-state index contributed by atoms with van der Waals surface area (Å²) in [5, 5.41) is 10.6. The second kappa shape index (κ2) is 9.06. The maximum absolute atomic E-state index is 12.9. The van der Waals surface area contributed by atoms with Crippen molar-refractivity contribution in [3.8, 4) is 0 Å². The number of aromatic nitrogens is 3. The van der Waals surface area contributed by atoms with Crippen LogP contribution in [0.2, 0.25) is 0 Å². The van der Waals surface area contributed by atoms with E-state index in [1.54, 1.807) is 0 Å². The smallest absolute Gasteiger partial charge is 0.349 e. The Morgan fingerprint density at radius 3 is 2.45 bits per heavy atom. The molecule has 2 aliphatic carbocycles. The molecule has 2 fully saturated rings. The molecule has 0 spiro atoms. The summed E-state index contributed by atoms with van der Waals surface area (Å²) in [6.07, 6.45) is 1.38. The van der Waals surface area contributed by atoms with Crippen molar-refractivity contribution in [2.45, 2.75) is 50.9 Å². The quantitative estimate of drug-likeness (QED) is 0.745. The van der Waals surface area contributed by atoms with Crippen molar-refractivity contribution >= 4 is 36.4 Å². The average molecular weight is 454 g/mol. The van der Waals surface area contributed by atoms with E-state index in [9.17, 15) is 18.0 Å². The van der Waals surface area contributed by atoms with Gasteiger partial charge in [-0.05, 0) is 49.7 Å². The lowest BCUT2D eigenvalue weighted by Crippen LogP contribution is -2.49. The molecule has 11 heteroatoms. The third kappa shape index (κ3) is 4.78. The average Bonchev–Trinajstić information content (AvgIpc) is 3.01. The van der Waals surface area contributed by atoms with Crippen LogP contribution >= 0.6 is 24.8 Å². The van der Waals surface area contributed by atoms with Crippen LogP contribution < -0.4 is 11.1 Å². The number of nitrogens with zero attached hydrogens (tertiary/aromatic N) is 3. The highest BCUT2D eigenvalue weighted by molar-refractivity contribution is 5.85. The number of carbonyl (C=O) groups is 1. The molecule has 1 amide bonds. The fourth-order valence-electron chi connectivity index (χ4n) is 4.54. The topological polar surface area (TPSA) is 85.3 Å². The molecule has 4 rings (SSSR count). The van der Waals surface area contributed by atoms with E-state index in [1.165, 1.54) is 16.9 Å². The number of amides is 1. The molecule has 2 atom stereocenters. The van der Waals surface area contributed by atoms with Crippen LogP contribution in [-0.2, 0) is 17.5 Å². The molecule has 3 N–H and O–H groups in total. The molecule has 2 bridgehead atoms. The van der Waals surface area contributed by atoms with Crippen molar-refractivity contribution in [1.29, 1.82) is 0 Å². The predicted molar refractivity (Wildman–Crippen MR) is 106 cm³/mol. The zero-order chi connectivity index (χ0) is 19.2. The SMILES string of the molecule is Cl.Cl.NC1C2CCCC1CC(C(=O)NCc1nnc3ccc(C(F)(F)F)cn13)C2. The lowest BCUT2D eigenvalue weighted by Gasteiger charge is -2.43. The summed E-state index contributed by atoms with van der Waals surface area (Å²) < 4.78 is 40.0. The molecule has 29 heavy (non-hydrogen) atoms. The van der Waals surface area contributed by atoms with Gasteiger partial charge in [-0.15, -0.1) is 35.0 Å². The van der Waals surface area contributed by atoms with E-state index in [0.717, 1.165) is 37.9 Å². The lowest BCUT2D eigenvalue weighted by atomic mass is 9.65.